The van der Waals surface area contributed by atoms with Gasteiger partial charge in [0.2, 0.25) is 0 Å². The van der Waals surface area contributed by atoms with Gasteiger partial charge in [0.25, 0.3) is 0 Å². The molecule has 2 aromatic carbocycles. The normalized spacial score (nSPS) is 10.3. The Labute approximate surface area is 111 Å². The van der Waals surface area contributed by atoms with E-state index in [1.165, 1.54) is 12.1 Å². The van der Waals surface area contributed by atoms with E-state index in [9.17, 15) is 4.39 Å². The summed E-state index contributed by atoms with van der Waals surface area (Å²) in [7, 11) is 0. The van der Waals surface area contributed by atoms with E-state index in [1.807, 2.05) is 0 Å². The summed E-state index contributed by atoms with van der Waals surface area (Å²) in [5.74, 6) is 0.0200. The molecule has 0 spiro atoms. The van der Waals surface area contributed by atoms with Crippen LogP contribution in [-0.2, 0) is 0 Å². The van der Waals surface area contributed by atoms with Crippen LogP contribution in [0.15, 0.2) is 40.9 Å². The Morgan fingerprint density at radius 1 is 1.12 bits per heavy atom. The zero-order valence-electron chi connectivity index (χ0n) is 8.58. The summed E-state index contributed by atoms with van der Waals surface area (Å²) < 4.78 is 19.5. The van der Waals surface area contributed by atoms with Crippen molar-refractivity contribution in [2.24, 2.45) is 0 Å². The first-order valence-corrected chi connectivity index (χ1v) is 5.91. The maximum Gasteiger partial charge on any atom is 0.166 e. The number of hydrogen-bond donors (Lipinski definition) is 1. The van der Waals surface area contributed by atoms with E-state index in [-0.39, 0.29) is 5.75 Å². The predicted molar refractivity (Wildman–Crippen MR) is 70.0 cm³/mol. The average Bonchev–Trinajstić information content (AvgIpc) is 2.25. The first-order valence-electron chi connectivity index (χ1n) is 4.74. The van der Waals surface area contributed by atoms with Crippen LogP contribution in [0.5, 0.6) is 11.5 Å². The van der Waals surface area contributed by atoms with Gasteiger partial charge in [0.15, 0.2) is 17.3 Å². The summed E-state index contributed by atoms with van der Waals surface area (Å²) in [6.07, 6.45) is 0. The lowest BCUT2D eigenvalue weighted by Gasteiger charge is -2.09. The van der Waals surface area contributed by atoms with Gasteiger partial charge in [-0.05, 0) is 36.4 Å². The minimum absolute atomic E-state index is 0.113. The molecule has 88 valence electrons. The smallest absolute Gasteiger partial charge is 0.166 e. The molecule has 0 aliphatic rings. The van der Waals surface area contributed by atoms with E-state index >= 15 is 0 Å². The monoisotopic (exact) mass is 315 g/mol. The third-order valence-electron chi connectivity index (χ3n) is 2.09. The molecule has 0 heterocycles. The van der Waals surface area contributed by atoms with Crippen molar-refractivity contribution in [2.75, 3.05) is 5.73 Å². The minimum Gasteiger partial charge on any atom is -0.452 e. The standard InChI is InChI=1S/C12H8BrClFNO/c13-7-1-3-11(9(15)5-7)17-12-4-2-8(14)6-10(12)16/h1-6H,16H2. The molecule has 0 radical (unpaired) electrons. The fourth-order valence-electron chi connectivity index (χ4n) is 1.29. The van der Waals surface area contributed by atoms with Gasteiger partial charge in [-0.1, -0.05) is 27.5 Å². The third kappa shape index (κ3) is 2.90. The molecular formula is C12H8BrClFNO. The Hall–Kier alpha value is -1.26. The lowest BCUT2D eigenvalue weighted by atomic mass is 10.3. The van der Waals surface area contributed by atoms with Gasteiger partial charge in [-0.15, -0.1) is 0 Å². The molecule has 0 aliphatic carbocycles. The number of hydrogen-bond acceptors (Lipinski definition) is 2. The second-order valence-corrected chi connectivity index (χ2v) is 4.71. The topological polar surface area (TPSA) is 35.2 Å². The third-order valence-corrected chi connectivity index (χ3v) is 2.81. The maximum atomic E-state index is 13.5. The number of halogens is 3. The molecule has 0 unspecified atom stereocenters. The van der Waals surface area contributed by atoms with Crippen LogP contribution in [0.4, 0.5) is 10.1 Å². The molecule has 0 amide bonds. The van der Waals surface area contributed by atoms with Gasteiger partial charge in [0.1, 0.15) is 0 Å². The Morgan fingerprint density at radius 2 is 1.82 bits per heavy atom. The van der Waals surface area contributed by atoms with Crippen molar-refractivity contribution in [3.8, 4) is 11.5 Å². The molecule has 2 aromatic rings. The van der Waals surface area contributed by atoms with Crippen molar-refractivity contribution in [1.82, 2.24) is 0 Å². The van der Waals surface area contributed by atoms with Crippen molar-refractivity contribution in [2.45, 2.75) is 0 Å². The largest absolute Gasteiger partial charge is 0.452 e. The SMILES string of the molecule is Nc1cc(Cl)ccc1Oc1ccc(Br)cc1F. The highest BCUT2D eigenvalue weighted by molar-refractivity contribution is 9.10. The van der Waals surface area contributed by atoms with Crippen molar-refractivity contribution < 1.29 is 9.13 Å². The van der Waals surface area contributed by atoms with Crippen LogP contribution in [0.3, 0.4) is 0 Å². The molecule has 0 aliphatic heterocycles. The lowest BCUT2D eigenvalue weighted by molar-refractivity contribution is 0.444. The van der Waals surface area contributed by atoms with E-state index in [2.05, 4.69) is 15.9 Å². The summed E-state index contributed by atoms with van der Waals surface area (Å²) in [5.41, 5.74) is 6.07. The first kappa shape index (κ1) is 12.2. The van der Waals surface area contributed by atoms with Gasteiger partial charge < -0.3 is 10.5 Å². The molecule has 2 N–H and O–H groups in total. The summed E-state index contributed by atoms with van der Waals surface area (Å²) in [6.45, 7) is 0. The Kier molecular flexibility index (Phi) is 3.54. The highest BCUT2D eigenvalue weighted by atomic mass is 79.9. The Bertz CT molecular complexity index is 513. The molecular weight excluding hydrogens is 308 g/mol. The van der Waals surface area contributed by atoms with Gasteiger partial charge in [-0.25, -0.2) is 4.39 Å². The van der Waals surface area contributed by atoms with E-state index in [0.717, 1.165) is 0 Å². The summed E-state index contributed by atoms with van der Waals surface area (Å²) in [4.78, 5) is 0. The molecule has 0 fully saturated rings. The predicted octanol–water partition coefficient (Wildman–Crippen LogP) is 4.62. The van der Waals surface area contributed by atoms with Crippen LogP contribution in [0.1, 0.15) is 0 Å². The summed E-state index contributed by atoms with van der Waals surface area (Å²) in [6, 6.07) is 9.30. The van der Waals surface area contributed by atoms with Gasteiger partial charge in [-0.3, -0.25) is 0 Å². The van der Waals surface area contributed by atoms with Crippen molar-refractivity contribution >= 4 is 33.2 Å². The molecule has 0 bridgehead atoms. The number of ether oxygens (including phenoxy) is 1. The molecule has 5 heteroatoms. The van der Waals surface area contributed by atoms with Crippen LogP contribution < -0.4 is 10.5 Å². The Morgan fingerprint density at radius 3 is 2.47 bits per heavy atom. The quantitative estimate of drug-likeness (QED) is 0.821. The van der Waals surface area contributed by atoms with Crippen molar-refractivity contribution in [3.63, 3.8) is 0 Å². The summed E-state index contributed by atoms with van der Waals surface area (Å²) in [5, 5.41) is 0.506. The van der Waals surface area contributed by atoms with Crippen molar-refractivity contribution in [3.05, 3.63) is 51.7 Å². The minimum atomic E-state index is -0.464. The van der Waals surface area contributed by atoms with Gasteiger partial charge in [0.05, 0.1) is 5.69 Å². The van der Waals surface area contributed by atoms with Crippen molar-refractivity contribution in [1.29, 1.82) is 0 Å². The molecule has 0 atom stereocenters. The molecule has 0 saturated heterocycles. The average molecular weight is 317 g/mol. The summed E-state index contributed by atoms with van der Waals surface area (Å²) >= 11 is 8.92. The maximum absolute atomic E-state index is 13.5. The second kappa shape index (κ2) is 4.94. The fraction of sp³-hybridized carbons (Fsp3) is 0. The molecule has 2 rings (SSSR count). The Balaban J connectivity index is 2.31. The molecule has 0 aromatic heterocycles. The van der Waals surface area contributed by atoms with Crippen LogP contribution in [0, 0.1) is 5.82 Å². The van der Waals surface area contributed by atoms with Gasteiger partial charge >= 0.3 is 0 Å². The number of nitrogen functional groups attached to an aromatic ring is 1. The highest BCUT2D eigenvalue weighted by Gasteiger charge is 2.07. The van der Waals surface area contributed by atoms with Crippen LogP contribution in [0.2, 0.25) is 5.02 Å². The lowest BCUT2D eigenvalue weighted by Crippen LogP contribution is -1.93. The number of benzene rings is 2. The van der Waals surface area contributed by atoms with Gasteiger partial charge in [0, 0.05) is 9.50 Å². The number of rotatable bonds is 2. The van der Waals surface area contributed by atoms with Crippen LogP contribution >= 0.6 is 27.5 Å². The number of nitrogens with two attached hydrogens (primary N) is 1. The van der Waals surface area contributed by atoms with Crippen LogP contribution in [0.25, 0.3) is 0 Å². The molecule has 17 heavy (non-hydrogen) atoms. The first-order chi connectivity index (χ1) is 8.06. The van der Waals surface area contributed by atoms with Gasteiger partial charge in [-0.2, -0.15) is 0 Å². The molecule has 0 saturated carbocycles. The second-order valence-electron chi connectivity index (χ2n) is 3.36. The van der Waals surface area contributed by atoms with Crippen LogP contribution in [-0.4, -0.2) is 0 Å². The zero-order chi connectivity index (χ0) is 12.4. The van der Waals surface area contributed by atoms with E-state index in [4.69, 9.17) is 22.1 Å². The van der Waals surface area contributed by atoms with E-state index in [0.29, 0.717) is 20.9 Å². The number of anilines is 1. The zero-order valence-corrected chi connectivity index (χ0v) is 10.9. The molecule has 2 nitrogen and oxygen atoms in total. The highest BCUT2D eigenvalue weighted by Crippen LogP contribution is 2.31. The fourth-order valence-corrected chi connectivity index (χ4v) is 1.80. The van der Waals surface area contributed by atoms with E-state index < -0.39 is 5.82 Å². The van der Waals surface area contributed by atoms with E-state index in [1.54, 1.807) is 24.3 Å².